The lowest BCUT2D eigenvalue weighted by Gasteiger charge is -2.60. The van der Waals surface area contributed by atoms with Crippen LogP contribution in [0, 0.1) is 10.8 Å². The molecule has 94 valence electrons. The Morgan fingerprint density at radius 2 is 2.06 bits per heavy atom. The highest BCUT2D eigenvalue weighted by Gasteiger charge is 2.58. The largest absolute Gasteiger partial charge is 0.495 e. The number of rotatable bonds is 0. The summed E-state index contributed by atoms with van der Waals surface area (Å²) in [5.74, 6) is 1.16. The number of hydrogen-bond donors (Lipinski definition) is 1. The van der Waals surface area contributed by atoms with Crippen LogP contribution in [0.3, 0.4) is 0 Å². The van der Waals surface area contributed by atoms with E-state index in [-0.39, 0.29) is 5.41 Å². The van der Waals surface area contributed by atoms with Gasteiger partial charge in [0.2, 0.25) is 0 Å². The van der Waals surface area contributed by atoms with Crippen LogP contribution in [0.15, 0.2) is 11.3 Å². The average Bonchev–Trinajstić information content (AvgIpc) is 2.24. The highest BCUT2D eigenvalue weighted by Crippen LogP contribution is 2.54. The van der Waals surface area contributed by atoms with Gasteiger partial charge >= 0.3 is 0 Å². The van der Waals surface area contributed by atoms with Gasteiger partial charge in [-0.1, -0.05) is 0 Å². The SMILES string of the molecule is CN1CC2(COCC3=C2C2(CCO3)CNC2)C1. The van der Waals surface area contributed by atoms with E-state index in [0.29, 0.717) is 12.0 Å². The summed E-state index contributed by atoms with van der Waals surface area (Å²) >= 11 is 0. The Morgan fingerprint density at radius 1 is 1.24 bits per heavy atom. The summed E-state index contributed by atoms with van der Waals surface area (Å²) in [6, 6.07) is 0. The predicted octanol–water partition coefficient (Wildman–Crippen LogP) is 0.212. The standard InChI is InChI=1S/C13H20N2O2/c1-15-7-13(8-15)9-16-4-10-11(13)12(2-3-17-10)5-14-6-12/h14H,2-9H2,1H3. The van der Waals surface area contributed by atoms with E-state index in [0.717, 1.165) is 45.2 Å². The lowest BCUT2D eigenvalue weighted by atomic mass is 9.58. The summed E-state index contributed by atoms with van der Waals surface area (Å²) in [4.78, 5) is 2.38. The van der Waals surface area contributed by atoms with Crippen molar-refractivity contribution in [1.29, 1.82) is 0 Å². The van der Waals surface area contributed by atoms with Crippen LogP contribution in [0.5, 0.6) is 0 Å². The van der Waals surface area contributed by atoms with Gasteiger partial charge in [-0.3, -0.25) is 0 Å². The van der Waals surface area contributed by atoms with E-state index in [2.05, 4.69) is 17.3 Å². The second kappa shape index (κ2) is 3.25. The molecule has 0 unspecified atom stereocenters. The lowest BCUT2D eigenvalue weighted by Crippen LogP contribution is -2.68. The molecule has 2 fully saturated rings. The van der Waals surface area contributed by atoms with E-state index < -0.39 is 0 Å². The van der Waals surface area contributed by atoms with Crippen molar-refractivity contribution in [3.05, 3.63) is 11.3 Å². The summed E-state index contributed by atoms with van der Waals surface area (Å²) < 4.78 is 11.7. The van der Waals surface area contributed by atoms with Gasteiger partial charge in [-0.15, -0.1) is 0 Å². The Morgan fingerprint density at radius 3 is 2.71 bits per heavy atom. The zero-order valence-corrected chi connectivity index (χ0v) is 10.4. The Balaban J connectivity index is 1.78. The number of hydrogen-bond acceptors (Lipinski definition) is 4. The van der Waals surface area contributed by atoms with E-state index in [1.165, 1.54) is 6.42 Å². The maximum absolute atomic E-state index is 5.89. The van der Waals surface area contributed by atoms with Crippen LogP contribution < -0.4 is 5.32 Å². The number of nitrogens with one attached hydrogen (secondary N) is 1. The smallest absolute Gasteiger partial charge is 0.122 e. The van der Waals surface area contributed by atoms with Gasteiger partial charge in [0.1, 0.15) is 12.4 Å². The van der Waals surface area contributed by atoms with E-state index in [9.17, 15) is 0 Å². The van der Waals surface area contributed by atoms with Crippen molar-refractivity contribution >= 4 is 0 Å². The molecule has 4 nitrogen and oxygen atoms in total. The maximum atomic E-state index is 5.89. The fourth-order valence-electron chi connectivity index (χ4n) is 4.26. The molecule has 2 spiro atoms. The molecule has 0 radical (unpaired) electrons. The van der Waals surface area contributed by atoms with Crippen LogP contribution in [0.2, 0.25) is 0 Å². The van der Waals surface area contributed by atoms with Gasteiger partial charge in [-0.2, -0.15) is 0 Å². The van der Waals surface area contributed by atoms with E-state index in [1.807, 2.05) is 0 Å². The highest BCUT2D eigenvalue weighted by atomic mass is 16.5. The number of likely N-dealkylation sites (tertiary alicyclic amines) is 1. The topological polar surface area (TPSA) is 33.7 Å². The molecule has 1 N–H and O–H groups in total. The predicted molar refractivity (Wildman–Crippen MR) is 63.6 cm³/mol. The van der Waals surface area contributed by atoms with Crippen LogP contribution in [-0.2, 0) is 9.47 Å². The van der Waals surface area contributed by atoms with E-state index in [4.69, 9.17) is 9.47 Å². The van der Waals surface area contributed by atoms with Crippen molar-refractivity contribution in [1.82, 2.24) is 10.2 Å². The molecule has 0 amide bonds. The highest BCUT2D eigenvalue weighted by molar-refractivity contribution is 5.37. The summed E-state index contributed by atoms with van der Waals surface area (Å²) in [6.07, 6.45) is 1.18. The first-order valence-corrected chi connectivity index (χ1v) is 6.58. The van der Waals surface area contributed by atoms with Crippen LogP contribution in [0.25, 0.3) is 0 Å². The summed E-state index contributed by atoms with van der Waals surface area (Å²) in [5.41, 5.74) is 2.28. The monoisotopic (exact) mass is 236 g/mol. The minimum Gasteiger partial charge on any atom is -0.495 e. The molecule has 0 aliphatic carbocycles. The lowest BCUT2D eigenvalue weighted by molar-refractivity contribution is -0.0915. The van der Waals surface area contributed by atoms with E-state index in [1.54, 1.807) is 5.57 Å². The quantitative estimate of drug-likeness (QED) is 0.652. The minimum atomic E-state index is 0.269. The second-order valence-corrected chi connectivity index (χ2v) is 6.23. The number of ether oxygens (including phenoxy) is 2. The molecule has 0 aromatic carbocycles. The van der Waals surface area contributed by atoms with Gasteiger partial charge in [0.05, 0.1) is 13.2 Å². The average molecular weight is 236 g/mol. The molecule has 0 saturated carbocycles. The third-order valence-corrected chi connectivity index (χ3v) is 4.88. The first kappa shape index (κ1) is 10.4. The molecular formula is C13H20N2O2. The van der Waals surface area contributed by atoms with Crippen molar-refractivity contribution in [3.63, 3.8) is 0 Å². The van der Waals surface area contributed by atoms with E-state index >= 15 is 0 Å². The molecule has 0 bridgehead atoms. The van der Waals surface area contributed by atoms with Crippen molar-refractivity contribution in [2.45, 2.75) is 6.42 Å². The first-order chi connectivity index (χ1) is 8.24. The van der Waals surface area contributed by atoms with Gasteiger partial charge in [0, 0.05) is 37.0 Å². The molecule has 17 heavy (non-hydrogen) atoms. The molecule has 0 aromatic rings. The molecular weight excluding hydrogens is 216 g/mol. The molecule has 0 aromatic heterocycles. The minimum absolute atomic E-state index is 0.269. The zero-order valence-electron chi connectivity index (χ0n) is 10.4. The number of nitrogens with zero attached hydrogens (tertiary/aromatic N) is 1. The third kappa shape index (κ3) is 1.23. The fourth-order valence-corrected chi connectivity index (χ4v) is 4.26. The van der Waals surface area contributed by atoms with Gasteiger partial charge in [0.25, 0.3) is 0 Å². The van der Waals surface area contributed by atoms with Crippen LogP contribution in [0.4, 0.5) is 0 Å². The van der Waals surface area contributed by atoms with Gasteiger partial charge < -0.3 is 19.7 Å². The molecule has 4 heteroatoms. The van der Waals surface area contributed by atoms with Crippen molar-refractivity contribution in [2.75, 3.05) is 53.0 Å². The molecule has 2 saturated heterocycles. The van der Waals surface area contributed by atoms with Crippen molar-refractivity contribution in [2.24, 2.45) is 10.8 Å². The normalized spacial score (nSPS) is 33.9. The maximum Gasteiger partial charge on any atom is 0.122 e. The zero-order chi connectivity index (χ0) is 11.5. The Bertz CT molecular complexity index is 377. The fraction of sp³-hybridized carbons (Fsp3) is 0.846. The van der Waals surface area contributed by atoms with Crippen LogP contribution in [0.1, 0.15) is 6.42 Å². The Hall–Kier alpha value is -0.580. The van der Waals surface area contributed by atoms with Gasteiger partial charge in [0.15, 0.2) is 0 Å². The molecule has 4 rings (SSSR count). The summed E-state index contributed by atoms with van der Waals surface area (Å²) in [5, 5.41) is 3.46. The molecule has 4 aliphatic heterocycles. The Labute approximate surface area is 102 Å². The molecule has 4 aliphatic rings. The summed E-state index contributed by atoms with van der Waals surface area (Å²) in [7, 11) is 2.19. The first-order valence-electron chi connectivity index (χ1n) is 6.58. The number of fused-ring (bicyclic) bond motifs is 2. The molecule has 4 heterocycles. The Kier molecular flexibility index (Phi) is 1.98. The molecule has 0 atom stereocenters. The van der Waals surface area contributed by atoms with Crippen molar-refractivity contribution < 1.29 is 9.47 Å². The van der Waals surface area contributed by atoms with Crippen LogP contribution in [-0.4, -0.2) is 57.9 Å². The van der Waals surface area contributed by atoms with Gasteiger partial charge in [-0.25, -0.2) is 0 Å². The van der Waals surface area contributed by atoms with Crippen LogP contribution >= 0.6 is 0 Å². The third-order valence-electron chi connectivity index (χ3n) is 4.88. The van der Waals surface area contributed by atoms with Gasteiger partial charge in [-0.05, 0) is 19.0 Å². The summed E-state index contributed by atoms with van der Waals surface area (Å²) in [6.45, 7) is 7.01. The van der Waals surface area contributed by atoms with Crippen molar-refractivity contribution in [3.8, 4) is 0 Å². The second-order valence-electron chi connectivity index (χ2n) is 6.23.